The Labute approximate surface area is 146 Å². The molecular formula is C18H34N2O2S. The second kappa shape index (κ2) is 8.72. The highest BCUT2D eigenvalue weighted by molar-refractivity contribution is 8.00. The molecule has 2 rings (SSSR count). The van der Waals surface area contributed by atoms with Crippen molar-refractivity contribution in [3.63, 3.8) is 0 Å². The molecule has 2 aliphatic rings. The predicted octanol–water partition coefficient (Wildman–Crippen LogP) is 3.56. The van der Waals surface area contributed by atoms with Gasteiger partial charge in [-0.3, -0.25) is 9.69 Å². The number of likely N-dealkylation sites (tertiary alicyclic amines) is 1. The highest BCUT2D eigenvalue weighted by Gasteiger charge is 2.51. The maximum atomic E-state index is 13.5. The van der Waals surface area contributed by atoms with Gasteiger partial charge in [-0.05, 0) is 57.7 Å². The Morgan fingerprint density at radius 1 is 1.35 bits per heavy atom. The normalized spacial score (nSPS) is 32.2. The minimum Gasteiger partial charge on any atom is -0.358 e. The van der Waals surface area contributed by atoms with Crippen LogP contribution in [0.5, 0.6) is 0 Å². The van der Waals surface area contributed by atoms with Gasteiger partial charge in [0.1, 0.15) is 11.1 Å². The van der Waals surface area contributed by atoms with Crippen LogP contribution in [-0.4, -0.2) is 59.8 Å². The van der Waals surface area contributed by atoms with Crippen molar-refractivity contribution in [1.82, 2.24) is 9.80 Å². The van der Waals surface area contributed by atoms with Gasteiger partial charge in [-0.15, -0.1) is 11.8 Å². The molecule has 134 valence electrons. The average Bonchev–Trinajstić information content (AvgIpc) is 2.90. The molecule has 2 heterocycles. The molecule has 4 nitrogen and oxygen atoms in total. The smallest absolute Gasteiger partial charge is 0.255 e. The standard InChI is InChI=1S/C18H34N2O2S/c1-5-9-15-13-18(23-4,19(3)14-15)17(21)20(11-6-2)16-10-7-8-12-22-16/h15-16H,5-14H2,1-4H3. The van der Waals surface area contributed by atoms with Crippen LogP contribution in [0.25, 0.3) is 0 Å². The molecule has 5 heteroatoms. The van der Waals surface area contributed by atoms with Crippen molar-refractivity contribution in [2.24, 2.45) is 5.92 Å². The number of carbonyl (C=O) groups is 1. The van der Waals surface area contributed by atoms with Gasteiger partial charge in [-0.1, -0.05) is 20.3 Å². The van der Waals surface area contributed by atoms with Crippen molar-refractivity contribution in [3.8, 4) is 0 Å². The summed E-state index contributed by atoms with van der Waals surface area (Å²) in [6.07, 6.45) is 9.72. The molecule has 2 fully saturated rings. The van der Waals surface area contributed by atoms with Gasteiger partial charge >= 0.3 is 0 Å². The van der Waals surface area contributed by atoms with Crippen molar-refractivity contribution in [2.45, 2.75) is 69.9 Å². The highest BCUT2D eigenvalue weighted by atomic mass is 32.2. The quantitative estimate of drug-likeness (QED) is 0.708. The van der Waals surface area contributed by atoms with Crippen LogP contribution in [0.4, 0.5) is 0 Å². The molecular weight excluding hydrogens is 308 g/mol. The highest BCUT2D eigenvalue weighted by Crippen LogP contribution is 2.43. The molecule has 0 radical (unpaired) electrons. The van der Waals surface area contributed by atoms with E-state index in [9.17, 15) is 4.79 Å². The SMILES string of the molecule is CCCC1CN(C)C(SC)(C(=O)N(CCC)C2CCCCO2)C1. The lowest BCUT2D eigenvalue weighted by Crippen LogP contribution is -2.57. The zero-order chi connectivity index (χ0) is 16.9. The summed E-state index contributed by atoms with van der Waals surface area (Å²) >= 11 is 1.72. The number of rotatable bonds is 7. The topological polar surface area (TPSA) is 32.8 Å². The van der Waals surface area contributed by atoms with Crippen LogP contribution in [0, 0.1) is 5.92 Å². The second-order valence-electron chi connectivity index (χ2n) is 7.05. The zero-order valence-corrected chi connectivity index (χ0v) is 16.2. The van der Waals surface area contributed by atoms with Gasteiger partial charge in [0.15, 0.2) is 0 Å². The number of carbonyl (C=O) groups excluding carboxylic acids is 1. The maximum absolute atomic E-state index is 13.5. The third-order valence-corrected chi connectivity index (χ3v) is 6.64. The Morgan fingerprint density at radius 3 is 2.70 bits per heavy atom. The Balaban J connectivity index is 2.18. The molecule has 0 spiro atoms. The second-order valence-corrected chi connectivity index (χ2v) is 8.13. The maximum Gasteiger partial charge on any atom is 0.255 e. The monoisotopic (exact) mass is 342 g/mol. The van der Waals surface area contributed by atoms with Gasteiger partial charge in [0.05, 0.1) is 0 Å². The number of nitrogens with zero attached hydrogens (tertiary/aromatic N) is 2. The Morgan fingerprint density at radius 2 is 2.13 bits per heavy atom. The van der Waals surface area contributed by atoms with Gasteiger partial charge in [0, 0.05) is 19.7 Å². The number of likely N-dealkylation sites (N-methyl/N-ethyl adjacent to an activating group) is 1. The molecule has 0 bridgehead atoms. The lowest BCUT2D eigenvalue weighted by molar-refractivity contribution is -0.156. The van der Waals surface area contributed by atoms with E-state index in [1.807, 2.05) is 4.90 Å². The van der Waals surface area contributed by atoms with Crippen molar-refractivity contribution in [3.05, 3.63) is 0 Å². The van der Waals surface area contributed by atoms with E-state index < -0.39 is 4.87 Å². The molecule has 0 aliphatic carbocycles. The molecule has 0 aromatic carbocycles. The molecule has 23 heavy (non-hydrogen) atoms. The Bertz CT molecular complexity index is 387. The van der Waals surface area contributed by atoms with Crippen LogP contribution in [0.3, 0.4) is 0 Å². The lowest BCUT2D eigenvalue weighted by atomic mass is 9.99. The summed E-state index contributed by atoms with van der Waals surface area (Å²) in [5.74, 6) is 0.914. The van der Waals surface area contributed by atoms with Crippen LogP contribution in [0.15, 0.2) is 0 Å². The first-order valence-corrected chi connectivity index (χ1v) is 10.5. The molecule has 0 N–H and O–H groups in total. The summed E-state index contributed by atoms with van der Waals surface area (Å²) in [6, 6.07) is 0. The lowest BCUT2D eigenvalue weighted by Gasteiger charge is -2.42. The van der Waals surface area contributed by atoms with E-state index in [1.165, 1.54) is 19.3 Å². The fourth-order valence-corrected chi connectivity index (χ4v) is 5.22. The van der Waals surface area contributed by atoms with Crippen LogP contribution in [0.1, 0.15) is 58.8 Å². The molecule has 1 amide bonds. The van der Waals surface area contributed by atoms with Gasteiger partial charge < -0.3 is 9.64 Å². The van der Waals surface area contributed by atoms with E-state index in [1.54, 1.807) is 11.8 Å². The first-order valence-electron chi connectivity index (χ1n) is 9.28. The van der Waals surface area contributed by atoms with E-state index in [0.29, 0.717) is 5.92 Å². The molecule has 0 saturated carbocycles. The molecule has 0 aromatic heterocycles. The van der Waals surface area contributed by atoms with Crippen molar-refractivity contribution < 1.29 is 9.53 Å². The van der Waals surface area contributed by atoms with Gasteiger partial charge in [-0.25, -0.2) is 0 Å². The van der Waals surface area contributed by atoms with Gasteiger partial charge in [0.2, 0.25) is 0 Å². The number of hydrogen-bond acceptors (Lipinski definition) is 4. The zero-order valence-electron chi connectivity index (χ0n) is 15.3. The molecule has 3 atom stereocenters. The first-order chi connectivity index (χ1) is 11.1. The summed E-state index contributed by atoms with van der Waals surface area (Å²) in [6.45, 7) is 7.01. The van der Waals surface area contributed by atoms with E-state index in [2.05, 4.69) is 32.1 Å². The number of ether oxygens (including phenoxy) is 1. The average molecular weight is 343 g/mol. The van der Waals surface area contributed by atoms with Crippen LogP contribution < -0.4 is 0 Å². The summed E-state index contributed by atoms with van der Waals surface area (Å²) < 4.78 is 5.95. The first kappa shape index (κ1) is 19.1. The largest absolute Gasteiger partial charge is 0.358 e. The van der Waals surface area contributed by atoms with E-state index >= 15 is 0 Å². The Hall–Kier alpha value is -0.260. The van der Waals surface area contributed by atoms with Gasteiger partial charge in [0.25, 0.3) is 5.91 Å². The summed E-state index contributed by atoms with van der Waals surface area (Å²) in [5, 5.41) is 0. The Kier molecular flexibility index (Phi) is 7.23. The van der Waals surface area contributed by atoms with E-state index in [-0.39, 0.29) is 12.1 Å². The molecule has 2 saturated heterocycles. The van der Waals surface area contributed by atoms with Gasteiger partial charge in [-0.2, -0.15) is 0 Å². The summed E-state index contributed by atoms with van der Waals surface area (Å²) in [4.78, 5) is 17.5. The fraction of sp³-hybridized carbons (Fsp3) is 0.944. The van der Waals surface area contributed by atoms with Crippen molar-refractivity contribution in [1.29, 1.82) is 0 Å². The van der Waals surface area contributed by atoms with Crippen LogP contribution >= 0.6 is 11.8 Å². The number of hydrogen-bond donors (Lipinski definition) is 0. The molecule has 3 unspecified atom stereocenters. The van der Waals surface area contributed by atoms with Crippen molar-refractivity contribution >= 4 is 17.7 Å². The summed E-state index contributed by atoms with van der Waals surface area (Å²) in [5.41, 5.74) is 0. The predicted molar refractivity (Wildman–Crippen MR) is 97.5 cm³/mol. The fourth-order valence-electron chi connectivity index (χ4n) is 4.14. The van der Waals surface area contributed by atoms with Crippen LogP contribution in [0.2, 0.25) is 0 Å². The number of amides is 1. The third-order valence-electron chi connectivity index (χ3n) is 5.31. The van der Waals surface area contributed by atoms with E-state index in [0.717, 1.165) is 45.4 Å². The number of thioether (sulfide) groups is 1. The molecule has 0 aromatic rings. The van der Waals surface area contributed by atoms with E-state index in [4.69, 9.17) is 4.74 Å². The minimum absolute atomic E-state index is 0.0150. The molecule has 2 aliphatic heterocycles. The van der Waals surface area contributed by atoms with Crippen molar-refractivity contribution in [2.75, 3.05) is 33.0 Å². The summed E-state index contributed by atoms with van der Waals surface area (Å²) in [7, 11) is 2.12. The minimum atomic E-state index is -0.393. The third kappa shape index (κ3) is 4.05. The van der Waals surface area contributed by atoms with Crippen LogP contribution in [-0.2, 0) is 9.53 Å².